The highest BCUT2D eigenvalue weighted by molar-refractivity contribution is 7.92. The van der Waals surface area contributed by atoms with Gasteiger partial charge in [0.2, 0.25) is 5.78 Å². The average molecular weight is 492 g/mol. The van der Waals surface area contributed by atoms with Crippen molar-refractivity contribution in [2.75, 3.05) is 18.8 Å². The van der Waals surface area contributed by atoms with Gasteiger partial charge in [-0.25, -0.2) is 13.4 Å². The fourth-order valence-electron chi connectivity index (χ4n) is 2.92. The van der Waals surface area contributed by atoms with Crippen LogP contribution in [0.4, 0.5) is 5.69 Å². The predicted octanol–water partition coefficient (Wildman–Crippen LogP) is 4.43. The molecule has 3 aromatic rings. The number of sulfonamides is 1. The number of benzene rings is 2. The van der Waals surface area contributed by atoms with Crippen LogP contribution >= 0.6 is 23.2 Å². The molecule has 1 amide bonds. The van der Waals surface area contributed by atoms with E-state index >= 15 is 0 Å². The van der Waals surface area contributed by atoms with E-state index in [2.05, 4.69) is 9.71 Å². The molecular weight excluding hydrogens is 473 g/mol. The first kappa shape index (κ1) is 23.7. The Morgan fingerprint density at radius 2 is 1.66 bits per heavy atom. The molecule has 166 valence electrons. The SMILES string of the molecule is Cc1cc(S(=O)(=O)Nc2cc(Cl)cnc2C(=O)c2ccccc2C(=O)N(C)C)ccc1Cl. The van der Waals surface area contributed by atoms with E-state index in [4.69, 9.17) is 23.2 Å². The smallest absolute Gasteiger partial charge is 0.261 e. The van der Waals surface area contributed by atoms with Crippen LogP contribution in [0, 0.1) is 6.92 Å². The molecule has 32 heavy (non-hydrogen) atoms. The fourth-order valence-corrected chi connectivity index (χ4v) is 4.34. The first-order valence-electron chi connectivity index (χ1n) is 9.31. The van der Waals surface area contributed by atoms with Crippen LogP contribution in [-0.2, 0) is 10.0 Å². The van der Waals surface area contributed by atoms with Crippen LogP contribution in [-0.4, -0.2) is 44.1 Å². The molecule has 0 aliphatic heterocycles. The number of carbonyl (C=O) groups excluding carboxylic acids is 2. The Hall–Kier alpha value is -2.94. The molecule has 2 aromatic carbocycles. The molecule has 3 rings (SSSR count). The Kier molecular flexibility index (Phi) is 6.88. The maximum Gasteiger partial charge on any atom is 0.261 e. The van der Waals surface area contributed by atoms with E-state index in [1.54, 1.807) is 33.2 Å². The summed E-state index contributed by atoms with van der Waals surface area (Å²) in [5.74, 6) is -1.00. The number of ketones is 1. The molecule has 0 atom stereocenters. The monoisotopic (exact) mass is 491 g/mol. The third-order valence-corrected chi connectivity index (χ3v) is 6.56. The normalized spacial score (nSPS) is 11.2. The summed E-state index contributed by atoms with van der Waals surface area (Å²) in [6, 6.07) is 11.8. The lowest BCUT2D eigenvalue weighted by Crippen LogP contribution is -2.24. The first-order valence-corrected chi connectivity index (χ1v) is 11.5. The van der Waals surface area contributed by atoms with Crippen LogP contribution in [0.1, 0.15) is 32.0 Å². The van der Waals surface area contributed by atoms with Gasteiger partial charge in [0.25, 0.3) is 15.9 Å². The summed E-state index contributed by atoms with van der Waals surface area (Å²) in [6.45, 7) is 1.68. The van der Waals surface area contributed by atoms with Crippen molar-refractivity contribution < 1.29 is 18.0 Å². The molecule has 0 saturated heterocycles. The molecule has 0 saturated carbocycles. The van der Waals surface area contributed by atoms with Gasteiger partial charge in [0, 0.05) is 30.9 Å². The number of halogens is 2. The van der Waals surface area contributed by atoms with Crippen LogP contribution in [0.2, 0.25) is 10.0 Å². The molecule has 0 spiro atoms. The van der Waals surface area contributed by atoms with Crippen molar-refractivity contribution >= 4 is 50.6 Å². The van der Waals surface area contributed by atoms with Gasteiger partial charge in [0.05, 0.1) is 21.2 Å². The molecule has 1 N–H and O–H groups in total. The fraction of sp³-hybridized carbons (Fsp3) is 0.136. The minimum Gasteiger partial charge on any atom is -0.345 e. The lowest BCUT2D eigenvalue weighted by atomic mass is 9.99. The van der Waals surface area contributed by atoms with Gasteiger partial charge in [0.1, 0.15) is 5.69 Å². The van der Waals surface area contributed by atoms with E-state index in [1.807, 2.05) is 0 Å². The molecule has 0 bridgehead atoms. The van der Waals surface area contributed by atoms with Crippen LogP contribution < -0.4 is 4.72 Å². The van der Waals surface area contributed by atoms with Crippen molar-refractivity contribution in [3.63, 3.8) is 0 Å². The summed E-state index contributed by atoms with van der Waals surface area (Å²) >= 11 is 12.0. The van der Waals surface area contributed by atoms with Crippen molar-refractivity contribution in [1.29, 1.82) is 0 Å². The minimum atomic E-state index is -4.08. The number of hydrogen-bond acceptors (Lipinski definition) is 5. The van der Waals surface area contributed by atoms with E-state index in [-0.39, 0.29) is 38.3 Å². The number of anilines is 1. The number of aromatic nitrogens is 1. The number of hydrogen-bond donors (Lipinski definition) is 1. The van der Waals surface area contributed by atoms with Gasteiger partial charge in [-0.2, -0.15) is 0 Å². The van der Waals surface area contributed by atoms with E-state index < -0.39 is 15.8 Å². The number of pyridine rings is 1. The summed E-state index contributed by atoms with van der Waals surface area (Å²) < 4.78 is 28.3. The summed E-state index contributed by atoms with van der Waals surface area (Å²) in [5.41, 5.74) is 0.529. The van der Waals surface area contributed by atoms with Gasteiger partial charge < -0.3 is 4.90 Å². The Morgan fingerprint density at radius 3 is 2.28 bits per heavy atom. The van der Waals surface area contributed by atoms with E-state index in [0.717, 1.165) is 0 Å². The van der Waals surface area contributed by atoms with Crippen molar-refractivity contribution in [3.8, 4) is 0 Å². The average Bonchev–Trinajstić information content (AvgIpc) is 2.74. The van der Waals surface area contributed by atoms with Crippen molar-refractivity contribution in [3.05, 3.63) is 87.2 Å². The molecule has 7 nitrogen and oxygen atoms in total. The molecule has 10 heteroatoms. The first-order chi connectivity index (χ1) is 15.0. The number of aryl methyl sites for hydroxylation is 1. The van der Waals surface area contributed by atoms with E-state index in [0.29, 0.717) is 10.6 Å². The predicted molar refractivity (Wildman–Crippen MR) is 124 cm³/mol. The molecule has 0 radical (unpaired) electrons. The Balaban J connectivity index is 2.07. The Labute approximate surface area is 196 Å². The zero-order valence-electron chi connectivity index (χ0n) is 17.4. The highest BCUT2D eigenvalue weighted by Gasteiger charge is 2.25. The number of nitrogens with one attached hydrogen (secondary N) is 1. The molecule has 0 aliphatic carbocycles. The second-order valence-electron chi connectivity index (χ2n) is 7.14. The van der Waals surface area contributed by atoms with Gasteiger partial charge in [0.15, 0.2) is 0 Å². The minimum absolute atomic E-state index is 0.0408. The third-order valence-electron chi connectivity index (χ3n) is 4.56. The van der Waals surface area contributed by atoms with E-state index in [9.17, 15) is 18.0 Å². The van der Waals surface area contributed by atoms with Crippen molar-refractivity contribution in [2.45, 2.75) is 11.8 Å². The van der Waals surface area contributed by atoms with Gasteiger partial charge >= 0.3 is 0 Å². The van der Waals surface area contributed by atoms with E-state index in [1.165, 1.54) is 47.5 Å². The Morgan fingerprint density at radius 1 is 1.00 bits per heavy atom. The van der Waals surface area contributed by atoms with Crippen LogP contribution in [0.25, 0.3) is 0 Å². The molecular formula is C22H19Cl2N3O4S. The zero-order valence-corrected chi connectivity index (χ0v) is 19.7. The maximum atomic E-state index is 13.3. The molecule has 0 aliphatic rings. The standard InChI is InChI=1S/C22H19Cl2N3O4S/c1-13-10-15(8-9-18(13)24)32(30,31)26-19-11-14(23)12-25-20(19)21(28)16-6-4-5-7-17(16)22(29)27(2)3/h4-12,26H,1-3H3. The van der Waals surface area contributed by atoms with Crippen molar-refractivity contribution in [2.24, 2.45) is 0 Å². The second-order valence-corrected chi connectivity index (χ2v) is 9.67. The van der Waals surface area contributed by atoms with Crippen molar-refractivity contribution in [1.82, 2.24) is 9.88 Å². The maximum absolute atomic E-state index is 13.3. The second kappa shape index (κ2) is 9.28. The lowest BCUT2D eigenvalue weighted by molar-refractivity contribution is 0.0822. The topological polar surface area (TPSA) is 96.4 Å². The van der Waals surface area contributed by atoms with Gasteiger partial charge in [-0.15, -0.1) is 0 Å². The zero-order chi connectivity index (χ0) is 23.6. The highest BCUT2D eigenvalue weighted by Crippen LogP contribution is 2.27. The number of amides is 1. The number of rotatable bonds is 6. The molecule has 1 aromatic heterocycles. The molecule has 0 unspecified atom stereocenters. The summed E-state index contributed by atoms with van der Waals surface area (Å²) in [6.07, 6.45) is 1.23. The van der Waals surface area contributed by atoms with Gasteiger partial charge in [-0.05, 0) is 42.8 Å². The largest absolute Gasteiger partial charge is 0.345 e. The number of carbonyl (C=O) groups is 2. The summed E-state index contributed by atoms with van der Waals surface area (Å²) in [7, 11) is -0.948. The lowest BCUT2D eigenvalue weighted by Gasteiger charge is -2.15. The highest BCUT2D eigenvalue weighted by atomic mass is 35.5. The van der Waals surface area contributed by atoms with Crippen LogP contribution in [0.5, 0.6) is 0 Å². The number of nitrogens with zero attached hydrogens (tertiary/aromatic N) is 2. The molecule has 1 heterocycles. The van der Waals surface area contributed by atoms with Crippen LogP contribution in [0.15, 0.2) is 59.6 Å². The van der Waals surface area contributed by atoms with Gasteiger partial charge in [-0.1, -0.05) is 41.4 Å². The van der Waals surface area contributed by atoms with Gasteiger partial charge in [-0.3, -0.25) is 14.3 Å². The van der Waals surface area contributed by atoms with Crippen LogP contribution in [0.3, 0.4) is 0 Å². The third kappa shape index (κ3) is 4.93. The Bertz CT molecular complexity index is 1320. The molecule has 0 fully saturated rings. The summed E-state index contributed by atoms with van der Waals surface area (Å²) in [4.78, 5) is 31.2. The quantitative estimate of drug-likeness (QED) is 0.514. The summed E-state index contributed by atoms with van der Waals surface area (Å²) in [5, 5.41) is 0.551.